The number of nitrogens with zero attached hydrogens (tertiary/aromatic N) is 1. The lowest BCUT2D eigenvalue weighted by atomic mass is 9.98. The van der Waals surface area contributed by atoms with Crippen molar-refractivity contribution in [3.63, 3.8) is 0 Å². The van der Waals surface area contributed by atoms with Crippen LogP contribution in [0.3, 0.4) is 0 Å². The van der Waals surface area contributed by atoms with Gasteiger partial charge in [0.25, 0.3) is 0 Å². The largest absolute Gasteiger partial charge is 0.496 e. The van der Waals surface area contributed by atoms with Crippen LogP contribution in [-0.2, 0) is 6.54 Å². The maximum Gasteiger partial charge on any atom is 0.123 e. The van der Waals surface area contributed by atoms with Gasteiger partial charge in [0.2, 0.25) is 0 Å². The first kappa shape index (κ1) is 14.6. The van der Waals surface area contributed by atoms with Crippen LogP contribution in [0.2, 0.25) is 5.02 Å². The summed E-state index contributed by atoms with van der Waals surface area (Å²) in [5.41, 5.74) is 1.13. The fourth-order valence-electron chi connectivity index (χ4n) is 2.61. The Balaban J connectivity index is 1.93. The molecule has 106 valence electrons. The summed E-state index contributed by atoms with van der Waals surface area (Å²) >= 11 is 6.05. The van der Waals surface area contributed by atoms with Crippen molar-refractivity contribution >= 4 is 11.6 Å². The van der Waals surface area contributed by atoms with Crippen LogP contribution in [0.15, 0.2) is 18.2 Å². The van der Waals surface area contributed by atoms with Gasteiger partial charge in [-0.15, -0.1) is 0 Å². The molecule has 1 aliphatic rings. The summed E-state index contributed by atoms with van der Waals surface area (Å²) in [4.78, 5) is 2.41. The Morgan fingerprint density at radius 1 is 1.47 bits per heavy atom. The average molecular weight is 283 g/mol. The number of nitrogens with one attached hydrogen (secondary N) is 1. The van der Waals surface area contributed by atoms with Gasteiger partial charge < -0.3 is 15.0 Å². The van der Waals surface area contributed by atoms with E-state index in [0.717, 1.165) is 29.4 Å². The van der Waals surface area contributed by atoms with Crippen LogP contribution in [0.1, 0.15) is 25.3 Å². The topological polar surface area (TPSA) is 24.5 Å². The van der Waals surface area contributed by atoms with Crippen molar-refractivity contribution in [1.29, 1.82) is 0 Å². The lowest BCUT2D eigenvalue weighted by Crippen LogP contribution is -2.45. The van der Waals surface area contributed by atoms with Gasteiger partial charge in [-0.1, -0.05) is 11.6 Å². The number of benzene rings is 1. The molecule has 0 aromatic heterocycles. The highest BCUT2D eigenvalue weighted by atomic mass is 35.5. The molecule has 1 aromatic rings. The molecule has 1 heterocycles. The molecule has 0 amide bonds. The maximum absolute atomic E-state index is 6.05. The first-order valence-electron chi connectivity index (χ1n) is 6.86. The fraction of sp³-hybridized carbons (Fsp3) is 0.600. The minimum Gasteiger partial charge on any atom is -0.496 e. The molecule has 2 atom stereocenters. The Labute approximate surface area is 120 Å². The maximum atomic E-state index is 6.05. The Morgan fingerprint density at radius 3 is 2.95 bits per heavy atom. The van der Waals surface area contributed by atoms with E-state index in [1.165, 1.54) is 12.8 Å². The highest BCUT2D eigenvalue weighted by molar-refractivity contribution is 6.30. The van der Waals surface area contributed by atoms with Crippen molar-refractivity contribution in [3.8, 4) is 5.75 Å². The predicted octanol–water partition coefficient (Wildman–Crippen LogP) is 2.92. The van der Waals surface area contributed by atoms with Crippen molar-refractivity contribution in [2.75, 3.05) is 20.7 Å². The van der Waals surface area contributed by atoms with Gasteiger partial charge in [-0.2, -0.15) is 0 Å². The molecule has 0 saturated carbocycles. The SMILES string of the molecule is COc1ccc(Cl)cc1CNC1CCN(C)C(C)C1. The third-order valence-electron chi connectivity index (χ3n) is 4.03. The van der Waals surface area contributed by atoms with Gasteiger partial charge >= 0.3 is 0 Å². The zero-order valence-corrected chi connectivity index (χ0v) is 12.7. The molecule has 0 radical (unpaired) electrons. The summed E-state index contributed by atoms with van der Waals surface area (Å²) in [5.74, 6) is 0.901. The van der Waals surface area contributed by atoms with Crippen molar-refractivity contribution in [1.82, 2.24) is 10.2 Å². The van der Waals surface area contributed by atoms with Crippen LogP contribution >= 0.6 is 11.6 Å². The van der Waals surface area contributed by atoms with E-state index in [9.17, 15) is 0 Å². The van der Waals surface area contributed by atoms with E-state index in [0.29, 0.717) is 12.1 Å². The number of likely N-dealkylation sites (tertiary alicyclic amines) is 1. The van der Waals surface area contributed by atoms with E-state index in [-0.39, 0.29) is 0 Å². The molecule has 4 heteroatoms. The Morgan fingerprint density at radius 2 is 2.26 bits per heavy atom. The number of rotatable bonds is 4. The molecule has 1 aromatic carbocycles. The monoisotopic (exact) mass is 282 g/mol. The van der Waals surface area contributed by atoms with E-state index < -0.39 is 0 Å². The van der Waals surface area contributed by atoms with Crippen LogP contribution in [-0.4, -0.2) is 37.7 Å². The zero-order valence-electron chi connectivity index (χ0n) is 11.9. The van der Waals surface area contributed by atoms with Gasteiger partial charge in [0, 0.05) is 29.2 Å². The van der Waals surface area contributed by atoms with Gasteiger partial charge in [-0.3, -0.25) is 0 Å². The van der Waals surface area contributed by atoms with Gasteiger partial charge in [0.05, 0.1) is 7.11 Å². The average Bonchev–Trinajstić information content (AvgIpc) is 2.40. The molecule has 1 aliphatic heterocycles. The van der Waals surface area contributed by atoms with Gasteiger partial charge in [0.1, 0.15) is 5.75 Å². The third-order valence-corrected chi connectivity index (χ3v) is 4.27. The van der Waals surface area contributed by atoms with Crippen LogP contribution in [0, 0.1) is 0 Å². The lowest BCUT2D eigenvalue weighted by molar-refractivity contribution is 0.168. The second-order valence-corrected chi connectivity index (χ2v) is 5.82. The number of hydrogen-bond donors (Lipinski definition) is 1. The molecule has 19 heavy (non-hydrogen) atoms. The third kappa shape index (κ3) is 3.85. The van der Waals surface area contributed by atoms with E-state index in [1.54, 1.807) is 7.11 Å². The quantitative estimate of drug-likeness (QED) is 0.919. The molecule has 0 bridgehead atoms. The fourth-order valence-corrected chi connectivity index (χ4v) is 2.81. The molecule has 1 N–H and O–H groups in total. The second kappa shape index (κ2) is 6.60. The highest BCUT2D eigenvalue weighted by Crippen LogP contribution is 2.23. The molecule has 0 spiro atoms. The minimum absolute atomic E-state index is 0.579. The molecule has 2 unspecified atom stereocenters. The van der Waals surface area contributed by atoms with Gasteiger partial charge in [0.15, 0.2) is 0 Å². The van der Waals surface area contributed by atoms with E-state index in [2.05, 4.69) is 24.2 Å². The first-order chi connectivity index (χ1) is 9.10. The summed E-state index contributed by atoms with van der Waals surface area (Å²) in [5, 5.41) is 4.38. The number of piperidine rings is 1. The van der Waals surface area contributed by atoms with Crippen molar-refractivity contribution in [3.05, 3.63) is 28.8 Å². The smallest absolute Gasteiger partial charge is 0.123 e. The predicted molar refractivity (Wildman–Crippen MR) is 80.0 cm³/mol. The van der Waals surface area contributed by atoms with Crippen LogP contribution < -0.4 is 10.1 Å². The Kier molecular flexibility index (Phi) is 5.08. The van der Waals surface area contributed by atoms with E-state index in [4.69, 9.17) is 16.3 Å². The minimum atomic E-state index is 0.579. The summed E-state index contributed by atoms with van der Waals surface area (Å²) < 4.78 is 5.37. The molecular formula is C15H23ClN2O. The second-order valence-electron chi connectivity index (χ2n) is 5.39. The van der Waals surface area contributed by atoms with E-state index in [1.807, 2.05) is 18.2 Å². The number of hydrogen-bond acceptors (Lipinski definition) is 3. The molecule has 3 nitrogen and oxygen atoms in total. The molecule has 1 fully saturated rings. The standard InChI is InChI=1S/C15H23ClN2O/c1-11-8-14(6-7-18(11)2)17-10-12-9-13(16)4-5-15(12)19-3/h4-5,9,11,14,17H,6-8,10H2,1-3H3. The van der Waals surface area contributed by atoms with Gasteiger partial charge in [-0.25, -0.2) is 0 Å². The molecule has 0 aliphatic carbocycles. The Hall–Kier alpha value is -0.770. The number of methoxy groups -OCH3 is 1. The number of ether oxygens (including phenoxy) is 1. The normalized spacial score (nSPS) is 24.4. The van der Waals surface area contributed by atoms with Crippen LogP contribution in [0.25, 0.3) is 0 Å². The Bertz CT molecular complexity index is 425. The van der Waals surface area contributed by atoms with Gasteiger partial charge in [-0.05, 0) is 51.6 Å². The van der Waals surface area contributed by atoms with Crippen molar-refractivity contribution in [2.45, 2.75) is 38.4 Å². The summed E-state index contributed by atoms with van der Waals surface area (Å²) in [6.45, 7) is 4.25. The zero-order chi connectivity index (χ0) is 13.8. The summed E-state index contributed by atoms with van der Waals surface area (Å²) in [7, 11) is 3.89. The van der Waals surface area contributed by atoms with Crippen LogP contribution in [0.5, 0.6) is 5.75 Å². The first-order valence-corrected chi connectivity index (χ1v) is 7.24. The molecule has 1 saturated heterocycles. The molecule has 2 rings (SSSR count). The lowest BCUT2D eigenvalue weighted by Gasteiger charge is -2.35. The number of halogens is 1. The summed E-state index contributed by atoms with van der Waals surface area (Å²) in [6, 6.07) is 6.99. The van der Waals surface area contributed by atoms with Crippen molar-refractivity contribution < 1.29 is 4.74 Å². The van der Waals surface area contributed by atoms with Crippen LogP contribution in [0.4, 0.5) is 0 Å². The highest BCUT2D eigenvalue weighted by Gasteiger charge is 2.22. The summed E-state index contributed by atoms with van der Waals surface area (Å²) in [6.07, 6.45) is 2.39. The molecular weight excluding hydrogens is 260 g/mol. The van der Waals surface area contributed by atoms with Crippen molar-refractivity contribution in [2.24, 2.45) is 0 Å². The van der Waals surface area contributed by atoms with E-state index >= 15 is 0 Å².